The second-order valence-electron chi connectivity index (χ2n) is 6.25. The van der Waals surface area contributed by atoms with Crippen LogP contribution >= 0.6 is 12.4 Å². The summed E-state index contributed by atoms with van der Waals surface area (Å²) in [6.45, 7) is 1.73. The first kappa shape index (κ1) is 19.5. The summed E-state index contributed by atoms with van der Waals surface area (Å²) in [7, 11) is 1.52. The highest BCUT2D eigenvalue weighted by molar-refractivity contribution is 6.01. The van der Waals surface area contributed by atoms with Crippen molar-refractivity contribution in [2.24, 2.45) is 0 Å². The second kappa shape index (κ2) is 8.49. The largest absolute Gasteiger partial charge is 0.496 e. The number of anilines is 1. The molecule has 0 bridgehead atoms. The van der Waals surface area contributed by atoms with Gasteiger partial charge in [-0.05, 0) is 44.3 Å². The van der Waals surface area contributed by atoms with Crippen molar-refractivity contribution in [1.82, 2.24) is 10.6 Å². The van der Waals surface area contributed by atoms with Crippen LogP contribution in [0.25, 0.3) is 0 Å². The van der Waals surface area contributed by atoms with Gasteiger partial charge in [0.15, 0.2) is 0 Å². The summed E-state index contributed by atoms with van der Waals surface area (Å²) in [6, 6.07) is 2.59. The lowest BCUT2D eigenvalue weighted by Gasteiger charge is -2.27. The minimum Gasteiger partial charge on any atom is -0.496 e. The Hall–Kier alpha value is -1.86. The second-order valence-corrected chi connectivity index (χ2v) is 6.25. The van der Waals surface area contributed by atoms with Gasteiger partial charge < -0.3 is 15.4 Å². The molecule has 2 heterocycles. The molecule has 1 unspecified atom stereocenters. The Labute approximate surface area is 152 Å². The maximum Gasteiger partial charge on any atom is 0.249 e. The van der Waals surface area contributed by atoms with E-state index >= 15 is 0 Å². The fourth-order valence-corrected chi connectivity index (χ4v) is 3.38. The molecule has 2 aliphatic rings. The van der Waals surface area contributed by atoms with Gasteiger partial charge in [0, 0.05) is 23.7 Å². The molecule has 138 valence electrons. The number of methoxy groups -OCH3 is 1. The van der Waals surface area contributed by atoms with E-state index in [1.165, 1.54) is 13.2 Å². The van der Waals surface area contributed by atoms with Crippen LogP contribution < -0.4 is 20.7 Å². The lowest BCUT2D eigenvalue weighted by atomic mass is 9.89. The van der Waals surface area contributed by atoms with E-state index in [9.17, 15) is 14.0 Å². The highest BCUT2D eigenvalue weighted by atomic mass is 35.5. The molecule has 1 aromatic carbocycles. The average molecular weight is 372 g/mol. The van der Waals surface area contributed by atoms with Gasteiger partial charge in [-0.1, -0.05) is 0 Å². The molecule has 2 saturated heterocycles. The third-order valence-electron chi connectivity index (χ3n) is 4.64. The van der Waals surface area contributed by atoms with Gasteiger partial charge in [0.1, 0.15) is 17.6 Å². The molecule has 8 heteroatoms. The zero-order valence-electron chi connectivity index (χ0n) is 14.1. The molecule has 2 aliphatic heterocycles. The van der Waals surface area contributed by atoms with Crippen LogP contribution in [0, 0.1) is 5.82 Å². The molecular formula is C17H23ClFN3O3. The van der Waals surface area contributed by atoms with Gasteiger partial charge in [0.2, 0.25) is 11.8 Å². The first-order valence-corrected chi connectivity index (χ1v) is 8.27. The van der Waals surface area contributed by atoms with Gasteiger partial charge in [0.25, 0.3) is 0 Å². The van der Waals surface area contributed by atoms with E-state index in [-0.39, 0.29) is 42.4 Å². The van der Waals surface area contributed by atoms with Crippen LogP contribution in [0.3, 0.4) is 0 Å². The molecule has 2 fully saturated rings. The number of piperidine rings is 2. The van der Waals surface area contributed by atoms with Crippen molar-refractivity contribution in [2.45, 2.75) is 37.6 Å². The van der Waals surface area contributed by atoms with Crippen LogP contribution in [-0.4, -0.2) is 38.1 Å². The number of amides is 2. The normalized spacial score (nSPS) is 21.3. The number of imide groups is 1. The third-order valence-corrected chi connectivity index (χ3v) is 4.64. The van der Waals surface area contributed by atoms with Crippen molar-refractivity contribution in [1.29, 1.82) is 0 Å². The molecule has 0 aliphatic carbocycles. The summed E-state index contributed by atoms with van der Waals surface area (Å²) < 4.78 is 20.1. The Morgan fingerprint density at radius 2 is 1.92 bits per heavy atom. The minimum absolute atomic E-state index is 0. The van der Waals surface area contributed by atoms with Gasteiger partial charge in [0.05, 0.1) is 7.11 Å². The topological polar surface area (TPSA) is 79.5 Å². The lowest BCUT2D eigenvalue weighted by molar-refractivity contribution is -0.133. The van der Waals surface area contributed by atoms with Crippen molar-refractivity contribution in [3.63, 3.8) is 0 Å². The molecule has 2 amide bonds. The Kier molecular flexibility index (Phi) is 6.61. The summed E-state index contributed by atoms with van der Waals surface area (Å²) in [5, 5.41) is 8.55. The van der Waals surface area contributed by atoms with Crippen LogP contribution in [0.1, 0.15) is 37.2 Å². The first-order valence-electron chi connectivity index (χ1n) is 8.27. The van der Waals surface area contributed by atoms with E-state index in [0.717, 1.165) is 25.9 Å². The zero-order chi connectivity index (χ0) is 17.1. The Balaban J connectivity index is 0.00000225. The maximum absolute atomic E-state index is 14.7. The highest BCUT2D eigenvalue weighted by Gasteiger charge is 2.28. The van der Waals surface area contributed by atoms with E-state index in [4.69, 9.17) is 4.74 Å². The number of nitrogens with one attached hydrogen (secondary N) is 3. The van der Waals surface area contributed by atoms with Crippen molar-refractivity contribution in [2.75, 3.05) is 25.5 Å². The summed E-state index contributed by atoms with van der Waals surface area (Å²) in [5.74, 6) is -0.352. The summed E-state index contributed by atoms with van der Waals surface area (Å²) in [4.78, 5) is 23.0. The molecule has 0 aromatic heterocycles. The molecule has 1 atom stereocenters. The van der Waals surface area contributed by atoms with E-state index < -0.39 is 6.04 Å². The standard InChI is InChI=1S/C17H22FN3O3.ClH/c1-24-14-9-11(20-13-2-3-15(22)21-17(13)23)8-12(18)16(14)10-4-6-19-7-5-10;/h8-10,13,19-20H,2-7H2,1H3,(H,21,22,23);1H. The molecule has 0 radical (unpaired) electrons. The molecule has 25 heavy (non-hydrogen) atoms. The highest BCUT2D eigenvalue weighted by Crippen LogP contribution is 2.37. The van der Waals surface area contributed by atoms with Crippen LogP contribution in [0.2, 0.25) is 0 Å². The van der Waals surface area contributed by atoms with Gasteiger partial charge in [-0.3, -0.25) is 14.9 Å². The fraction of sp³-hybridized carbons (Fsp3) is 0.529. The average Bonchev–Trinajstić information content (AvgIpc) is 2.57. The number of benzene rings is 1. The summed E-state index contributed by atoms with van der Waals surface area (Å²) >= 11 is 0. The smallest absolute Gasteiger partial charge is 0.249 e. The van der Waals surface area contributed by atoms with E-state index in [1.54, 1.807) is 6.07 Å². The number of carbonyl (C=O) groups is 2. The van der Waals surface area contributed by atoms with Gasteiger partial charge in [-0.25, -0.2) is 4.39 Å². The van der Waals surface area contributed by atoms with E-state index in [0.29, 0.717) is 23.4 Å². The van der Waals surface area contributed by atoms with Crippen LogP contribution in [-0.2, 0) is 9.59 Å². The van der Waals surface area contributed by atoms with Crippen molar-refractivity contribution in [3.05, 3.63) is 23.5 Å². The fourth-order valence-electron chi connectivity index (χ4n) is 3.38. The predicted octanol–water partition coefficient (Wildman–Crippen LogP) is 1.94. The minimum atomic E-state index is -0.545. The van der Waals surface area contributed by atoms with Gasteiger partial charge >= 0.3 is 0 Å². The van der Waals surface area contributed by atoms with E-state index in [2.05, 4.69) is 16.0 Å². The maximum atomic E-state index is 14.7. The number of halogens is 2. The molecule has 0 saturated carbocycles. The third kappa shape index (κ3) is 4.41. The SMILES string of the molecule is COc1cc(NC2CCC(=O)NC2=O)cc(F)c1C1CCNCC1.Cl. The van der Waals surface area contributed by atoms with Crippen LogP contribution in [0.5, 0.6) is 5.75 Å². The molecule has 1 aromatic rings. The number of carbonyl (C=O) groups excluding carboxylic acids is 2. The van der Waals surface area contributed by atoms with E-state index in [1.807, 2.05) is 0 Å². The number of hydrogen-bond donors (Lipinski definition) is 3. The zero-order valence-corrected chi connectivity index (χ0v) is 14.9. The summed E-state index contributed by atoms with van der Waals surface area (Å²) in [6.07, 6.45) is 2.40. The first-order chi connectivity index (χ1) is 11.6. The number of hydrogen-bond acceptors (Lipinski definition) is 5. The van der Waals surface area contributed by atoms with Crippen LogP contribution in [0.15, 0.2) is 12.1 Å². The molecule has 3 N–H and O–H groups in total. The Morgan fingerprint density at radius 1 is 1.20 bits per heavy atom. The molecule has 0 spiro atoms. The molecule has 6 nitrogen and oxygen atoms in total. The molecule has 3 rings (SSSR count). The number of rotatable bonds is 4. The Bertz CT molecular complexity index is 650. The summed E-state index contributed by atoms with van der Waals surface area (Å²) in [5.41, 5.74) is 1.09. The van der Waals surface area contributed by atoms with Crippen LogP contribution in [0.4, 0.5) is 10.1 Å². The van der Waals surface area contributed by atoms with Crippen molar-refractivity contribution >= 4 is 29.9 Å². The van der Waals surface area contributed by atoms with Gasteiger partial charge in [-0.15, -0.1) is 12.4 Å². The quantitative estimate of drug-likeness (QED) is 0.705. The number of ether oxygens (including phenoxy) is 1. The predicted molar refractivity (Wildman–Crippen MR) is 94.8 cm³/mol. The lowest BCUT2D eigenvalue weighted by Crippen LogP contribution is -2.47. The Morgan fingerprint density at radius 3 is 2.56 bits per heavy atom. The monoisotopic (exact) mass is 371 g/mol. The van der Waals surface area contributed by atoms with Crippen molar-refractivity contribution in [3.8, 4) is 5.75 Å². The molecular weight excluding hydrogens is 349 g/mol. The van der Waals surface area contributed by atoms with Crippen molar-refractivity contribution < 1.29 is 18.7 Å². The van der Waals surface area contributed by atoms with Gasteiger partial charge in [-0.2, -0.15) is 0 Å².